The van der Waals surface area contributed by atoms with Crippen molar-refractivity contribution in [2.24, 2.45) is 11.8 Å². The molecule has 7 heteroatoms. The van der Waals surface area contributed by atoms with Crippen LogP contribution >= 0.6 is 0 Å². The van der Waals surface area contributed by atoms with Gasteiger partial charge in [-0.25, -0.2) is 0 Å². The minimum Gasteiger partial charge on any atom is -0.394 e. The van der Waals surface area contributed by atoms with Crippen LogP contribution in [0.3, 0.4) is 0 Å². The summed E-state index contributed by atoms with van der Waals surface area (Å²) in [6, 6.07) is 0.770. The predicted octanol–water partition coefficient (Wildman–Crippen LogP) is 1.19. The van der Waals surface area contributed by atoms with Crippen LogP contribution in [0.4, 0.5) is 0 Å². The Morgan fingerprint density at radius 1 is 0.885 bits per heavy atom. The van der Waals surface area contributed by atoms with Gasteiger partial charge in [0.05, 0.1) is 47.8 Å². The average molecular weight is 365 g/mol. The quantitative estimate of drug-likeness (QED) is 0.553. The van der Waals surface area contributed by atoms with Gasteiger partial charge < -0.3 is 20.8 Å². The molecule has 0 aromatic carbocycles. The number of nitrogens with zero attached hydrogens (tertiary/aromatic N) is 1. The van der Waals surface area contributed by atoms with Crippen molar-refractivity contribution in [3.8, 4) is 0 Å². The van der Waals surface area contributed by atoms with Crippen LogP contribution in [0.15, 0.2) is 6.07 Å². The first-order valence-corrected chi connectivity index (χ1v) is 8.94. The molecular formula is C19H31N3O4. The van der Waals surface area contributed by atoms with E-state index in [1.807, 2.05) is 27.7 Å². The molecule has 0 aliphatic carbocycles. The Kier molecular flexibility index (Phi) is 8.17. The Hall–Kier alpha value is -1.99. The monoisotopic (exact) mass is 365 g/mol. The zero-order valence-corrected chi connectivity index (χ0v) is 16.5. The second kappa shape index (κ2) is 9.64. The lowest BCUT2D eigenvalue weighted by Crippen LogP contribution is -2.42. The standard InChI is InChI=1S/C19H31N3O4/c1-10(2)16(8-23)21-18(25)14-7-15(13(6)20-12(14)5)19(26)22-17(9-24)11(3)4/h7,10-11,16-17,23-24H,8-9H2,1-6H3,(H,21,25)(H,22,26)/t16-,17-/m1/s1. The zero-order valence-electron chi connectivity index (χ0n) is 16.5. The van der Waals surface area contributed by atoms with Crippen molar-refractivity contribution in [3.05, 3.63) is 28.6 Å². The van der Waals surface area contributed by atoms with Gasteiger partial charge in [-0.05, 0) is 31.7 Å². The highest BCUT2D eigenvalue weighted by atomic mass is 16.3. The molecule has 146 valence electrons. The molecule has 0 bridgehead atoms. The molecule has 2 amide bonds. The highest BCUT2D eigenvalue weighted by molar-refractivity contribution is 6.01. The Balaban J connectivity index is 3.12. The summed E-state index contributed by atoms with van der Waals surface area (Å²) in [6.45, 7) is 10.7. The van der Waals surface area contributed by atoms with Gasteiger partial charge in [0.1, 0.15) is 0 Å². The molecule has 1 rings (SSSR count). The highest BCUT2D eigenvalue weighted by Crippen LogP contribution is 2.15. The smallest absolute Gasteiger partial charge is 0.253 e. The maximum absolute atomic E-state index is 12.6. The minimum atomic E-state index is -0.376. The molecule has 1 aromatic heterocycles. The number of hydrogen-bond acceptors (Lipinski definition) is 5. The number of nitrogens with one attached hydrogen (secondary N) is 2. The third kappa shape index (κ3) is 5.51. The normalized spacial score (nSPS) is 13.6. The van der Waals surface area contributed by atoms with Crippen LogP contribution in [0.25, 0.3) is 0 Å². The number of rotatable bonds is 8. The molecule has 0 saturated heterocycles. The first kappa shape index (κ1) is 22.1. The Labute approximate surface area is 155 Å². The van der Waals surface area contributed by atoms with E-state index in [0.717, 1.165) is 0 Å². The fraction of sp³-hybridized carbons (Fsp3) is 0.632. The topological polar surface area (TPSA) is 112 Å². The fourth-order valence-corrected chi connectivity index (χ4v) is 2.52. The summed E-state index contributed by atoms with van der Waals surface area (Å²) in [5, 5.41) is 24.4. The van der Waals surface area contributed by atoms with Gasteiger partial charge in [0.15, 0.2) is 0 Å². The molecule has 0 fully saturated rings. The van der Waals surface area contributed by atoms with Gasteiger partial charge in [0.25, 0.3) is 11.8 Å². The number of aliphatic hydroxyl groups excluding tert-OH is 2. The second-order valence-electron chi connectivity index (χ2n) is 7.27. The molecule has 2 atom stereocenters. The van der Waals surface area contributed by atoms with Crippen molar-refractivity contribution in [2.75, 3.05) is 13.2 Å². The van der Waals surface area contributed by atoms with Gasteiger partial charge in [-0.15, -0.1) is 0 Å². The second-order valence-corrected chi connectivity index (χ2v) is 7.27. The fourth-order valence-electron chi connectivity index (χ4n) is 2.52. The number of aryl methyl sites for hydroxylation is 2. The molecule has 0 unspecified atom stereocenters. The van der Waals surface area contributed by atoms with Gasteiger partial charge in [-0.3, -0.25) is 14.6 Å². The van der Waals surface area contributed by atoms with Crippen LogP contribution in [-0.2, 0) is 0 Å². The summed E-state index contributed by atoms with van der Waals surface area (Å²) in [4.78, 5) is 29.5. The van der Waals surface area contributed by atoms with E-state index in [2.05, 4.69) is 15.6 Å². The van der Waals surface area contributed by atoms with Crippen molar-refractivity contribution < 1.29 is 19.8 Å². The van der Waals surface area contributed by atoms with Crippen molar-refractivity contribution in [1.82, 2.24) is 15.6 Å². The first-order valence-electron chi connectivity index (χ1n) is 8.94. The molecule has 0 aliphatic rings. The molecule has 0 radical (unpaired) electrons. The lowest BCUT2D eigenvalue weighted by molar-refractivity contribution is 0.0894. The molecule has 0 saturated carbocycles. The maximum Gasteiger partial charge on any atom is 0.253 e. The van der Waals surface area contributed by atoms with Crippen molar-refractivity contribution in [3.63, 3.8) is 0 Å². The van der Waals surface area contributed by atoms with E-state index in [-0.39, 0.29) is 48.9 Å². The molecule has 1 heterocycles. The molecule has 7 nitrogen and oxygen atoms in total. The Bertz CT molecular complexity index is 593. The zero-order chi connectivity index (χ0) is 20.0. The summed E-state index contributed by atoms with van der Waals surface area (Å²) in [5.41, 5.74) is 1.62. The number of hydrogen-bond donors (Lipinski definition) is 4. The third-order valence-corrected chi connectivity index (χ3v) is 4.53. The van der Waals surface area contributed by atoms with E-state index in [1.54, 1.807) is 13.8 Å². The molecule has 4 N–H and O–H groups in total. The lowest BCUT2D eigenvalue weighted by atomic mass is 10.0. The number of amides is 2. The third-order valence-electron chi connectivity index (χ3n) is 4.53. The summed E-state index contributed by atoms with van der Waals surface area (Å²) in [7, 11) is 0. The largest absolute Gasteiger partial charge is 0.394 e. The van der Waals surface area contributed by atoms with E-state index in [9.17, 15) is 19.8 Å². The Morgan fingerprint density at radius 2 is 1.23 bits per heavy atom. The van der Waals surface area contributed by atoms with Crippen molar-refractivity contribution >= 4 is 11.8 Å². The van der Waals surface area contributed by atoms with Crippen LogP contribution < -0.4 is 10.6 Å². The molecule has 0 spiro atoms. The van der Waals surface area contributed by atoms with Gasteiger partial charge in [0, 0.05) is 0 Å². The highest BCUT2D eigenvalue weighted by Gasteiger charge is 2.22. The molecule has 0 aliphatic heterocycles. The molecule has 26 heavy (non-hydrogen) atoms. The predicted molar refractivity (Wildman–Crippen MR) is 100 cm³/mol. The van der Waals surface area contributed by atoms with Crippen LogP contribution in [0, 0.1) is 25.7 Å². The number of carbonyl (C=O) groups excluding carboxylic acids is 2. The molecule has 1 aromatic rings. The minimum absolute atomic E-state index is 0.0711. The molecular weight excluding hydrogens is 334 g/mol. The van der Waals surface area contributed by atoms with E-state index >= 15 is 0 Å². The number of aromatic nitrogens is 1. The van der Waals surface area contributed by atoms with E-state index < -0.39 is 0 Å². The summed E-state index contributed by atoms with van der Waals surface area (Å²) >= 11 is 0. The van der Waals surface area contributed by atoms with E-state index in [1.165, 1.54) is 6.07 Å². The van der Waals surface area contributed by atoms with Crippen molar-refractivity contribution in [2.45, 2.75) is 53.6 Å². The first-order chi connectivity index (χ1) is 12.1. The van der Waals surface area contributed by atoms with Gasteiger partial charge in [-0.2, -0.15) is 0 Å². The van der Waals surface area contributed by atoms with Crippen LogP contribution in [0.1, 0.15) is 59.8 Å². The maximum atomic E-state index is 12.6. The van der Waals surface area contributed by atoms with Crippen molar-refractivity contribution in [1.29, 1.82) is 0 Å². The van der Waals surface area contributed by atoms with Gasteiger partial charge >= 0.3 is 0 Å². The summed E-state index contributed by atoms with van der Waals surface area (Å²) < 4.78 is 0. The number of aliphatic hydroxyl groups is 2. The van der Waals surface area contributed by atoms with Crippen LogP contribution in [-0.4, -0.2) is 52.3 Å². The van der Waals surface area contributed by atoms with E-state index in [0.29, 0.717) is 22.5 Å². The lowest BCUT2D eigenvalue weighted by Gasteiger charge is -2.22. The SMILES string of the molecule is Cc1nc(C)c(C(=O)N[C@H](CO)C(C)C)cc1C(=O)N[C@H](CO)C(C)C. The van der Waals surface area contributed by atoms with E-state index in [4.69, 9.17) is 0 Å². The van der Waals surface area contributed by atoms with Gasteiger partial charge in [-0.1, -0.05) is 27.7 Å². The average Bonchev–Trinajstić information content (AvgIpc) is 2.56. The van der Waals surface area contributed by atoms with Crippen LogP contribution in [0.5, 0.6) is 0 Å². The number of carbonyl (C=O) groups is 2. The summed E-state index contributed by atoms with van der Waals surface area (Å²) in [5.74, 6) is -0.609. The summed E-state index contributed by atoms with van der Waals surface area (Å²) in [6.07, 6.45) is 0. The van der Waals surface area contributed by atoms with Gasteiger partial charge in [0.2, 0.25) is 0 Å². The Morgan fingerprint density at radius 3 is 1.50 bits per heavy atom. The number of pyridine rings is 1. The van der Waals surface area contributed by atoms with Crippen LogP contribution in [0.2, 0.25) is 0 Å².